The molecular weight excluding hydrogens is 262 g/mol. The molecular formula is C13H21N3O4. The first-order valence-corrected chi connectivity index (χ1v) is 6.91. The first kappa shape index (κ1) is 14.6. The SMILES string of the molecule is CCC1(C(=O)O)CCN(C(=O)N2CCN(C)C(=O)C2)C1. The third-order valence-corrected chi connectivity index (χ3v) is 4.48. The van der Waals surface area contributed by atoms with E-state index in [2.05, 4.69) is 0 Å². The molecule has 0 spiro atoms. The molecule has 2 aliphatic heterocycles. The highest BCUT2D eigenvalue weighted by atomic mass is 16.4. The Morgan fingerprint density at radius 1 is 1.25 bits per heavy atom. The van der Waals surface area contributed by atoms with E-state index < -0.39 is 11.4 Å². The summed E-state index contributed by atoms with van der Waals surface area (Å²) in [5.74, 6) is -0.923. The fourth-order valence-corrected chi connectivity index (χ4v) is 2.77. The van der Waals surface area contributed by atoms with Crippen LogP contribution in [0.2, 0.25) is 0 Å². The summed E-state index contributed by atoms with van der Waals surface area (Å²) in [6.45, 7) is 3.62. The normalized spacial score (nSPS) is 27.1. The fraction of sp³-hybridized carbons (Fsp3) is 0.769. The van der Waals surface area contributed by atoms with Crippen LogP contribution in [0.3, 0.4) is 0 Å². The number of carbonyl (C=O) groups is 3. The Labute approximate surface area is 118 Å². The van der Waals surface area contributed by atoms with Crippen LogP contribution in [0.1, 0.15) is 19.8 Å². The van der Waals surface area contributed by atoms with E-state index in [0.29, 0.717) is 32.5 Å². The predicted octanol–water partition coefficient (Wildman–Crippen LogP) is 0.0671. The molecule has 20 heavy (non-hydrogen) atoms. The molecule has 7 nitrogen and oxygen atoms in total. The van der Waals surface area contributed by atoms with E-state index >= 15 is 0 Å². The second-order valence-electron chi connectivity index (χ2n) is 5.63. The number of carboxylic acid groups (broad SMARTS) is 1. The number of amides is 3. The Balaban J connectivity index is 2.01. The first-order chi connectivity index (χ1) is 9.39. The molecule has 112 valence electrons. The number of aliphatic carboxylic acids is 1. The monoisotopic (exact) mass is 283 g/mol. The molecule has 1 unspecified atom stereocenters. The second kappa shape index (κ2) is 5.30. The van der Waals surface area contributed by atoms with Gasteiger partial charge < -0.3 is 19.8 Å². The third-order valence-electron chi connectivity index (χ3n) is 4.48. The topological polar surface area (TPSA) is 81.2 Å². The van der Waals surface area contributed by atoms with Crippen LogP contribution in [0.5, 0.6) is 0 Å². The van der Waals surface area contributed by atoms with Gasteiger partial charge >= 0.3 is 12.0 Å². The van der Waals surface area contributed by atoms with E-state index in [0.717, 1.165) is 0 Å². The van der Waals surface area contributed by atoms with Crippen molar-refractivity contribution in [2.45, 2.75) is 19.8 Å². The van der Waals surface area contributed by atoms with Gasteiger partial charge in [-0.1, -0.05) is 6.92 Å². The largest absolute Gasteiger partial charge is 0.481 e. The highest BCUT2D eigenvalue weighted by molar-refractivity contribution is 5.86. The molecule has 0 saturated carbocycles. The third kappa shape index (κ3) is 2.44. The average molecular weight is 283 g/mol. The Morgan fingerprint density at radius 2 is 1.95 bits per heavy atom. The summed E-state index contributed by atoms with van der Waals surface area (Å²) in [5, 5.41) is 9.34. The van der Waals surface area contributed by atoms with Gasteiger partial charge in [0.15, 0.2) is 0 Å². The molecule has 1 N–H and O–H groups in total. The average Bonchev–Trinajstić information content (AvgIpc) is 2.87. The Morgan fingerprint density at radius 3 is 2.45 bits per heavy atom. The van der Waals surface area contributed by atoms with Gasteiger partial charge in [-0.2, -0.15) is 0 Å². The number of likely N-dealkylation sites (tertiary alicyclic amines) is 1. The van der Waals surface area contributed by atoms with E-state index in [-0.39, 0.29) is 25.0 Å². The van der Waals surface area contributed by atoms with Crippen LogP contribution in [0.25, 0.3) is 0 Å². The maximum Gasteiger partial charge on any atom is 0.320 e. The molecule has 0 aromatic carbocycles. The number of rotatable bonds is 2. The van der Waals surface area contributed by atoms with Crippen molar-refractivity contribution >= 4 is 17.9 Å². The minimum Gasteiger partial charge on any atom is -0.481 e. The summed E-state index contributed by atoms with van der Waals surface area (Å²) < 4.78 is 0. The Kier molecular flexibility index (Phi) is 3.87. The van der Waals surface area contributed by atoms with Crippen molar-refractivity contribution in [1.82, 2.24) is 14.7 Å². The highest BCUT2D eigenvalue weighted by Gasteiger charge is 2.45. The molecule has 7 heteroatoms. The molecule has 2 heterocycles. The minimum atomic E-state index is -0.843. The van der Waals surface area contributed by atoms with E-state index in [1.165, 1.54) is 4.90 Å². The van der Waals surface area contributed by atoms with Gasteiger partial charge in [-0.25, -0.2) is 4.79 Å². The summed E-state index contributed by atoms with van der Waals surface area (Å²) in [4.78, 5) is 40.1. The van der Waals surface area contributed by atoms with Gasteiger partial charge in [0.05, 0.1) is 5.41 Å². The fourth-order valence-electron chi connectivity index (χ4n) is 2.77. The van der Waals surface area contributed by atoms with E-state index in [1.807, 2.05) is 6.92 Å². The van der Waals surface area contributed by atoms with E-state index in [1.54, 1.807) is 16.8 Å². The van der Waals surface area contributed by atoms with Crippen molar-refractivity contribution in [2.24, 2.45) is 5.41 Å². The number of carbonyl (C=O) groups excluding carboxylic acids is 2. The zero-order chi connectivity index (χ0) is 14.9. The van der Waals surface area contributed by atoms with Crippen LogP contribution in [0, 0.1) is 5.41 Å². The van der Waals surface area contributed by atoms with Crippen LogP contribution < -0.4 is 0 Å². The van der Waals surface area contributed by atoms with Gasteiger partial charge in [0.1, 0.15) is 6.54 Å². The summed E-state index contributed by atoms with van der Waals surface area (Å²) in [7, 11) is 1.71. The highest BCUT2D eigenvalue weighted by Crippen LogP contribution is 2.34. The van der Waals surface area contributed by atoms with Gasteiger partial charge in [0.25, 0.3) is 0 Å². The molecule has 0 aromatic rings. The molecule has 3 amide bonds. The molecule has 0 bridgehead atoms. The molecule has 0 aromatic heterocycles. The summed E-state index contributed by atoms with van der Waals surface area (Å²) in [5.41, 5.74) is -0.827. The zero-order valence-electron chi connectivity index (χ0n) is 12.0. The number of urea groups is 1. The van der Waals surface area contributed by atoms with Crippen LogP contribution in [0.4, 0.5) is 4.79 Å². The summed E-state index contributed by atoms with van der Waals surface area (Å²) >= 11 is 0. The lowest BCUT2D eigenvalue weighted by Crippen LogP contribution is -2.54. The van der Waals surface area contributed by atoms with Crippen molar-refractivity contribution in [2.75, 3.05) is 39.8 Å². The summed E-state index contributed by atoms with van der Waals surface area (Å²) in [6, 6.07) is -0.219. The van der Waals surface area contributed by atoms with Gasteiger partial charge in [-0.05, 0) is 12.8 Å². The lowest BCUT2D eigenvalue weighted by molar-refractivity contribution is -0.148. The van der Waals surface area contributed by atoms with Gasteiger partial charge in [0, 0.05) is 33.2 Å². The molecule has 1 atom stereocenters. The van der Waals surface area contributed by atoms with Gasteiger partial charge in [0.2, 0.25) is 5.91 Å². The second-order valence-corrected chi connectivity index (χ2v) is 5.63. The molecule has 2 fully saturated rings. The molecule has 2 rings (SSSR count). The lowest BCUT2D eigenvalue weighted by Gasteiger charge is -2.34. The van der Waals surface area contributed by atoms with Crippen molar-refractivity contribution in [3.05, 3.63) is 0 Å². The van der Waals surface area contributed by atoms with Crippen molar-refractivity contribution in [3.63, 3.8) is 0 Å². The van der Waals surface area contributed by atoms with Crippen molar-refractivity contribution < 1.29 is 19.5 Å². The van der Waals surface area contributed by atoms with Crippen LogP contribution in [0.15, 0.2) is 0 Å². The number of hydrogen-bond donors (Lipinski definition) is 1. The van der Waals surface area contributed by atoms with E-state index in [9.17, 15) is 19.5 Å². The maximum atomic E-state index is 12.4. The minimum absolute atomic E-state index is 0.0798. The Bertz CT molecular complexity index is 439. The number of carboxylic acids is 1. The standard InChI is InChI=1S/C13H21N3O4/c1-3-13(11(18)19)4-5-16(9-13)12(20)15-7-6-14(2)10(17)8-15/h3-9H2,1-2H3,(H,18,19). The molecule has 0 aliphatic carbocycles. The van der Waals surface area contributed by atoms with Crippen LogP contribution in [-0.2, 0) is 9.59 Å². The van der Waals surface area contributed by atoms with Gasteiger partial charge in [-0.3, -0.25) is 9.59 Å². The first-order valence-electron chi connectivity index (χ1n) is 6.91. The molecule has 2 saturated heterocycles. The predicted molar refractivity (Wildman–Crippen MR) is 71.2 cm³/mol. The molecule has 2 aliphatic rings. The number of nitrogens with zero attached hydrogens (tertiary/aromatic N) is 3. The quantitative estimate of drug-likeness (QED) is 0.777. The maximum absolute atomic E-state index is 12.4. The van der Waals surface area contributed by atoms with Crippen LogP contribution >= 0.6 is 0 Å². The lowest BCUT2D eigenvalue weighted by atomic mass is 9.84. The number of likely N-dealkylation sites (N-methyl/N-ethyl adjacent to an activating group) is 1. The number of hydrogen-bond acceptors (Lipinski definition) is 3. The smallest absolute Gasteiger partial charge is 0.320 e. The van der Waals surface area contributed by atoms with Crippen molar-refractivity contribution in [3.8, 4) is 0 Å². The zero-order valence-corrected chi connectivity index (χ0v) is 12.0. The Hall–Kier alpha value is -1.79. The van der Waals surface area contributed by atoms with Crippen LogP contribution in [-0.4, -0.2) is 77.5 Å². The summed E-state index contributed by atoms with van der Waals surface area (Å²) in [6.07, 6.45) is 0.986. The number of piperazine rings is 1. The van der Waals surface area contributed by atoms with E-state index in [4.69, 9.17) is 0 Å². The van der Waals surface area contributed by atoms with Gasteiger partial charge in [-0.15, -0.1) is 0 Å². The molecule has 0 radical (unpaired) electrons. The van der Waals surface area contributed by atoms with Crippen molar-refractivity contribution in [1.29, 1.82) is 0 Å².